The van der Waals surface area contributed by atoms with Crippen LogP contribution in [0.2, 0.25) is 0 Å². The number of aryl methyl sites for hydroxylation is 1. The number of hydrogen-bond donors (Lipinski definition) is 1. The van der Waals surface area contributed by atoms with E-state index in [-0.39, 0.29) is 6.03 Å². The fourth-order valence-electron chi connectivity index (χ4n) is 2.06. The summed E-state index contributed by atoms with van der Waals surface area (Å²) in [6.45, 7) is 3.75. The Labute approximate surface area is 110 Å². The van der Waals surface area contributed by atoms with E-state index >= 15 is 0 Å². The van der Waals surface area contributed by atoms with E-state index in [1.54, 1.807) is 0 Å². The van der Waals surface area contributed by atoms with Crippen molar-refractivity contribution in [1.29, 1.82) is 0 Å². The molecule has 2 amide bonds. The minimum Gasteiger partial charge on any atom is -0.325 e. The first-order chi connectivity index (χ1) is 8.16. The van der Waals surface area contributed by atoms with E-state index in [1.807, 2.05) is 30.0 Å². The molecule has 0 radical (unpaired) electrons. The zero-order valence-electron chi connectivity index (χ0n) is 10.0. The lowest BCUT2D eigenvalue weighted by atomic mass is 10.1. The number of likely N-dealkylation sites (tertiary alicyclic amines) is 1. The second kappa shape index (κ2) is 5.54. The highest BCUT2D eigenvalue weighted by Gasteiger charge is 2.16. The monoisotopic (exact) mass is 296 g/mol. The van der Waals surface area contributed by atoms with Crippen molar-refractivity contribution in [3.05, 3.63) is 28.2 Å². The van der Waals surface area contributed by atoms with E-state index in [9.17, 15) is 4.79 Å². The number of carbonyl (C=O) groups excluding carboxylic acids is 1. The normalized spacial score (nSPS) is 15.8. The highest BCUT2D eigenvalue weighted by atomic mass is 79.9. The van der Waals surface area contributed by atoms with E-state index in [4.69, 9.17) is 0 Å². The highest BCUT2D eigenvalue weighted by Crippen LogP contribution is 2.21. The van der Waals surface area contributed by atoms with Crippen LogP contribution in [0.3, 0.4) is 0 Å². The number of urea groups is 1. The number of carbonyl (C=O) groups is 1. The summed E-state index contributed by atoms with van der Waals surface area (Å²) < 4.78 is 1.03. The Morgan fingerprint density at radius 2 is 2.00 bits per heavy atom. The van der Waals surface area contributed by atoms with Crippen molar-refractivity contribution in [2.75, 3.05) is 18.4 Å². The number of amides is 2. The molecule has 92 valence electrons. The lowest BCUT2D eigenvalue weighted by Gasteiger charge is -2.27. The van der Waals surface area contributed by atoms with Crippen LogP contribution in [-0.2, 0) is 0 Å². The van der Waals surface area contributed by atoms with Crippen LogP contribution in [0.4, 0.5) is 10.5 Å². The Kier molecular flexibility index (Phi) is 4.05. The molecule has 1 fully saturated rings. The minimum absolute atomic E-state index is 0.0233. The molecule has 0 unspecified atom stereocenters. The second-order valence-corrected chi connectivity index (χ2v) is 5.35. The number of piperidine rings is 1. The predicted octanol–water partition coefficient (Wildman–Crippen LogP) is 3.78. The lowest BCUT2D eigenvalue weighted by Crippen LogP contribution is -2.38. The Balaban J connectivity index is 2.02. The number of benzene rings is 1. The summed E-state index contributed by atoms with van der Waals surface area (Å²) in [5.74, 6) is 0. The fraction of sp³-hybridized carbons (Fsp3) is 0.462. The van der Waals surface area contributed by atoms with Gasteiger partial charge >= 0.3 is 6.03 Å². The fourth-order valence-corrected chi connectivity index (χ4v) is 2.53. The maximum absolute atomic E-state index is 12.0. The molecule has 2 rings (SSSR count). The molecule has 0 atom stereocenters. The van der Waals surface area contributed by atoms with E-state index in [0.29, 0.717) is 0 Å². The van der Waals surface area contributed by atoms with Gasteiger partial charge in [-0.15, -0.1) is 0 Å². The number of rotatable bonds is 1. The van der Waals surface area contributed by atoms with Crippen LogP contribution in [0, 0.1) is 6.92 Å². The van der Waals surface area contributed by atoms with Crippen LogP contribution in [0.15, 0.2) is 22.7 Å². The van der Waals surface area contributed by atoms with Gasteiger partial charge in [-0.2, -0.15) is 0 Å². The van der Waals surface area contributed by atoms with Crippen LogP contribution >= 0.6 is 15.9 Å². The smallest absolute Gasteiger partial charge is 0.321 e. The van der Waals surface area contributed by atoms with Gasteiger partial charge in [0.1, 0.15) is 0 Å². The number of nitrogens with zero attached hydrogens (tertiary/aromatic N) is 1. The molecule has 0 aromatic heterocycles. The molecule has 4 heteroatoms. The summed E-state index contributed by atoms with van der Waals surface area (Å²) in [6, 6.07) is 5.90. The van der Waals surface area contributed by atoms with Crippen LogP contribution in [-0.4, -0.2) is 24.0 Å². The SMILES string of the molecule is Cc1cc(Br)ccc1NC(=O)N1CCCCC1. The molecule has 1 aromatic rings. The quantitative estimate of drug-likeness (QED) is 0.840. The van der Waals surface area contributed by atoms with Gasteiger partial charge in [-0.1, -0.05) is 15.9 Å². The molecule has 0 aliphatic carbocycles. The van der Waals surface area contributed by atoms with Crippen LogP contribution < -0.4 is 5.32 Å². The summed E-state index contributed by atoms with van der Waals surface area (Å²) in [6.07, 6.45) is 3.47. The van der Waals surface area contributed by atoms with Gasteiger partial charge in [-0.05, 0) is 49.9 Å². The van der Waals surface area contributed by atoms with E-state index in [2.05, 4.69) is 21.2 Å². The first-order valence-electron chi connectivity index (χ1n) is 5.99. The van der Waals surface area contributed by atoms with Crippen LogP contribution in [0.1, 0.15) is 24.8 Å². The average Bonchev–Trinajstić information content (AvgIpc) is 2.34. The molecule has 3 nitrogen and oxygen atoms in total. The molecular formula is C13H17BrN2O. The first-order valence-corrected chi connectivity index (χ1v) is 6.78. The van der Waals surface area contributed by atoms with Gasteiger partial charge in [0, 0.05) is 23.2 Å². The summed E-state index contributed by atoms with van der Waals surface area (Å²) in [7, 11) is 0. The van der Waals surface area contributed by atoms with Gasteiger partial charge in [0.2, 0.25) is 0 Å². The van der Waals surface area contributed by atoms with Gasteiger partial charge < -0.3 is 10.2 Å². The first kappa shape index (κ1) is 12.4. The van der Waals surface area contributed by atoms with Crippen molar-refractivity contribution in [2.24, 2.45) is 0 Å². The van der Waals surface area contributed by atoms with Gasteiger partial charge in [0.05, 0.1) is 0 Å². The Morgan fingerprint density at radius 3 is 2.65 bits per heavy atom. The van der Waals surface area contributed by atoms with E-state index < -0.39 is 0 Å². The van der Waals surface area contributed by atoms with Gasteiger partial charge in [-0.25, -0.2) is 4.79 Å². The molecular weight excluding hydrogens is 280 g/mol. The van der Waals surface area contributed by atoms with Gasteiger partial charge in [-0.3, -0.25) is 0 Å². The lowest BCUT2D eigenvalue weighted by molar-refractivity contribution is 0.200. The Hall–Kier alpha value is -1.03. The van der Waals surface area contributed by atoms with Gasteiger partial charge in [0.15, 0.2) is 0 Å². The predicted molar refractivity (Wildman–Crippen MR) is 73.3 cm³/mol. The van der Waals surface area contributed by atoms with E-state index in [0.717, 1.165) is 41.7 Å². The molecule has 0 spiro atoms. The minimum atomic E-state index is 0.0233. The molecule has 1 heterocycles. The van der Waals surface area contributed by atoms with E-state index in [1.165, 1.54) is 6.42 Å². The molecule has 1 aliphatic rings. The summed E-state index contributed by atoms with van der Waals surface area (Å²) in [4.78, 5) is 13.9. The number of hydrogen-bond acceptors (Lipinski definition) is 1. The third kappa shape index (κ3) is 3.22. The topological polar surface area (TPSA) is 32.3 Å². The number of halogens is 1. The molecule has 1 aliphatic heterocycles. The summed E-state index contributed by atoms with van der Waals surface area (Å²) in [5, 5.41) is 2.97. The maximum atomic E-state index is 12.0. The number of anilines is 1. The van der Waals surface area contributed by atoms with Gasteiger partial charge in [0.25, 0.3) is 0 Å². The maximum Gasteiger partial charge on any atom is 0.321 e. The molecule has 0 saturated carbocycles. The van der Waals surface area contributed by atoms with Crippen molar-refractivity contribution in [1.82, 2.24) is 4.90 Å². The van der Waals surface area contributed by atoms with Crippen LogP contribution in [0.5, 0.6) is 0 Å². The molecule has 1 aromatic carbocycles. The largest absolute Gasteiger partial charge is 0.325 e. The van der Waals surface area contributed by atoms with Crippen molar-refractivity contribution in [3.8, 4) is 0 Å². The highest BCUT2D eigenvalue weighted by molar-refractivity contribution is 9.10. The zero-order chi connectivity index (χ0) is 12.3. The Morgan fingerprint density at radius 1 is 1.29 bits per heavy atom. The standard InChI is InChI=1S/C13H17BrN2O/c1-10-9-11(14)5-6-12(10)15-13(17)16-7-3-2-4-8-16/h5-6,9H,2-4,7-8H2,1H3,(H,15,17). The molecule has 1 N–H and O–H groups in total. The molecule has 0 bridgehead atoms. The Bertz CT molecular complexity index is 414. The molecule has 1 saturated heterocycles. The van der Waals surface area contributed by atoms with Crippen molar-refractivity contribution in [3.63, 3.8) is 0 Å². The molecule has 17 heavy (non-hydrogen) atoms. The number of nitrogens with one attached hydrogen (secondary N) is 1. The summed E-state index contributed by atoms with van der Waals surface area (Å²) in [5.41, 5.74) is 1.97. The zero-order valence-corrected chi connectivity index (χ0v) is 11.6. The van der Waals surface area contributed by atoms with Crippen molar-refractivity contribution < 1.29 is 4.79 Å². The van der Waals surface area contributed by atoms with Crippen molar-refractivity contribution >= 4 is 27.6 Å². The average molecular weight is 297 g/mol. The summed E-state index contributed by atoms with van der Waals surface area (Å²) >= 11 is 3.42. The van der Waals surface area contributed by atoms with Crippen LogP contribution in [0.25, 0.3) is 0 Å². The second-order valence-electron chi connectivity index (χ2n) is 4.44. The van der Waals surface area contributed by atoms with Crippen molar-refractivity contribution in [2.45, 2.75) is 26.2 Å². The third-order valence-corrected chi connectivity index (χ3v) is 3.57. The third-order valence-electron chi connectivity index (χ3n) is 3.07.